The fraction of sp³-hybridized carbons (Fsp3) is 0.692. The van der Waals surface area contributed by atoms with Crippen LogP contribution in [0.25, 0.3) is 0 Å². The maximum absolute atomic E-state index is 6.10. The summed E-state index contributed by atoms with van der Waals surface area (Å²) in [5.41, 5.74) is 0.910. The Kier molecular flexibility index (Phi) is 6.98. The van der Waals surface area contributed by atoms with E-state index in [4.69, 9.17) is 16.3 Å². The van der Waals surface area contributed by atoms with Gasteiger partial charge in [-0.1, -0.05) is 18.5 Å². The summed E-state index contributed by atoms with van der Waals surface area (Å²) in [6.07, 6.45) is 2.83. The zero-order chi connectivity index (χ0) is 13.4. The topological polar surface area (TPSA) is 47.0 Å². The van der Waals surface area contributed by atoms with E-state index in [1.165, 1.54) is 0 Å². The van der Waals surface area contributed by atoms with E-state index >= 15 is 0 Å². The first-order valence-electron chi connectivity index (χ1n) is 6.53. The number of halogens is 1. The molecule has 0 radical (unpaired) electrons. The van der Waals surface area contributed by atoms with E-state index in [9.17, 15) is 0 Å². The fourth-order valence-corrected chi connectivity index (χ4v) is 1.75. The summed E-state index contributed by atoms with van der Waals surface area (Å²) >= 11 is 6.10. The summed E-state index contributed by atoms with van der Waals surface area (Å²) < 4.78 is 5.29. The maximum atomic E-state index is 6.10. The van der Waals surface area contributed by atoms with E-state index in [2.05, 4.69) is 22.2 Å². The minimum atomic E-state index is 0.542. The Labute approximate surface area is 114 Å². The second-order valence-corrected chi connectivity index (χ2v) is 4.49. The Bertz CT molecular complexity index is 371. The van der Waals surface area contributed by atoms with Crippen LogP contribution < -0.4 is 5.32 Å². The van der Waals surface area contributed by atoms with Crippen molar-refractivity contribution in [3.8, 4) is 0 Å². The molecule has 0 bridgehead atoms. The minimum absolute atomic E-state index is 0.542. The molecule has 0 saturated carbocycles. The van der Waals surface area contributed by atoms with E-state index in [-0.39, 0.29) is 0 Å². The highest BCUT2D eigenvalue weighted by Gasteiger charge is 2.08. The van der Waals surface area contributed by atoms with Crippen LogP contribution in [0, 0.1) is 6.92 Å². The Morgan fingerprint density at radius 1 is 1.28 bits per heavy atom. The Balaban J connectivity index is 2.57. The van der Waals surface area contributed by atoms with Crippen LogP contribution in [0.3, 0.4) is 0 Å². The van der Waals surface area contributed by atoms with Crippen LogP contribution in [0.4, 0.5) is 5.82 Å². The van der Waals surface area contributed by atoms with Crippen molar-refractivity contribution in [2.24, 2.45) is 0 Å². The van der Waals surface area contributed by atoms with Gasteiger partial charge in [0.25, 0.3) is 0 Å². The highest BCUT2D eigenvalue weighted by molar-refractivity contribution is 6.30. The van der Waals surface area contributed by atoms with Gasteiger partial charge in [-0.25, -0.2) is 9.97 Å². The average molecular weight is 272 g/mol. The number of aromatic nitrogens is 2. The fourth-order valence-electron chi connectivity index (χ4n) is 1.57. The van der Waals surface area contributed by atoms with Gasteiger partial charge in [0.1, 0.15) is 16.8 Å². The molecular weight excluding hydrogens is 250 g/mol. The van der Waals surface area contributed by atoms with E-state index in [1.54, 1.807) is 0 Å². The highest BCUT2D eigenvalue weighted by Crippen LogP contribution is 2.20. The van der Waals surface area contributed by atoms with Crippen molar-refractivity contribution in [3.63, 3.8) is 0 Å². The van der Waals surface area contributed by atoms with E-state index < -0.39 is 0 Å². The molecule has 1 heterocycles. The molecule has 0 aromatic carbocycles. The highest BCUT2D eigenvalue weighted by atomic mass is 35.5. The van der Waals surface area contributed by atoms with Gasteiger partial charge in [-0.15, -0.1) is 0 Å². The first-order chi connectivity index (χ1) is 8.69. The molecule has 0 atom stereocenters. The second kappa shape index (κ2) is 8.27. The predicted molar refractivity (Wildman–Crippen MR) is 75.4 cm³/mol. The molecule has 102 valence electrons. The molecule has 1 aromatic rings. The molecule has 18 heavy (non-hydrogen) atoms. The van der Waals surface area contributed by atoms with Crippen molar-refractivity contribution in [1.82, 2.24) is 9.97 Å². The molecular formula is C13H22ClN3O. The third-order valence-electron chi connectivity index (χ3n) is 2.57. The summed E-state index contributed by atoms with van der Waals surface area (Å²) in [4.78, 5) is 8.76. The molecule has 1 aromatic heterocycles. The van der Waals surface area contributed by atoms with Crippen molar-refractivity contribution < 1.29 is 4.74 Å². The Morgan fingerprint density at radius 2 is 2.06 bits per heavy atom. The van der Waals surface area contributed by atoms with E-state index in [1.807, 2.05) is 13.8 Å². The number of anilines is 1. The maximum Gasteiger partial charge on any atom is 0.137 e. The van der Waals surface area contributed by atoms with E-state index in [0.717, 1.165) is 56.2 Å². The van der Waals surface area contributed by atoms with Gasteiger partial charge >= 0.3 is 0 Å². The Morgan fingerprint density at radius 3 is 2.72 bits per heavy atom. The van der Waals surface area contributed by atoms with E-state index in [0.29, 0.717) is 5.15 Å². The summed E-state index contributed by atoms with van der Waals surface area (Å²) in [6.45, 7) is 8.40. The molecule has 1 rings (SSSR count). The zero-order valence-electron chi connectivity index (χ0n) is 11.4. The molecule has 0 aliphatic carbocycles. The quantitative estimate of drug-likeness (QED) is 0.582. The van der Waals surface area contributed by atoms with Crippen molar-refractivity contribution >= 4 is 17.4 Å². The van der Waals surface area contributed by atoms with Crippen LogP contribution in [-0.2, 0) is 11.2 Å². The van der Waals surface area contributed by atoms with Gasteiger partial charge in [0.05, 0.1) is 0 Å². The van der Waals surface area contributed by atoms with Gasteiger partial charge in [-0.3, -0.25) is 0 Å². The first kappa shape index (κ1) is 15.2. The smallest absolute Gasteiger partial charge is 0.137 e. The standard InChI is InChI=1S/C13H22ClN3O/c1-4-7-11-16-12(14)10(3)13(17-11)15-8-6-9-18-5-2/h4-9H2,1-3H3,(H,15,16,17). The number of hydrogen-bond acceptors (Lipinski definition) is 4. The van der Waals surface area contributed by atoms with Crippen molar-refractivity contribution in [3.05, 3.63) is 16.5 Å². The average Bonchev–Trinajstić information content (AvgIpc) is 2.35. The summed E-state index contributed by atoms with van der Waals surface area (Å²) in [5.74, 6) is 1.65. The molecule has 0 spiro atoms. The molecule has 0 aliphatic heterocycles. The third-order valence-corrected chi connectivity index (χ3v) is 2.94. The van der Waals surface area contributed by atoms with Crippen molar-refractivity contribution in [2.45, 2.75) is 40.0 Å². The molecule has 0 aliphatic rings. The lowest BCUT2D eigenvalue weighted by molar-refractivity contribution is 0.147. The molecule has 0 amide bonds. The lowest BCUT2D eigenvalue weighted by Gasteiger charge is -2.11. The number of ether oxygens (including phenoxy) is 1. The lowest BCUT2D eigenvalue weighted by Crippen LogP contribution is -2.10. The number of rotatable bonds is 8. The predicted octanol–water partition coefficient (Wildman–Crippen LogP) is 3.23. The summed E-state index contributed by atoms with van der Waals surface area (Å²) in [6, 6.07) is 0. The number of aryl methyl sites for hydroxylation is 1. The lowest BCUT2D eigenvalue weighted by atomic mass is 10.3. The molecule has 0 saturated heterocycles. The van der Waals surface area contributed by atoms with Gasteiger partial charge in [-0.05, 0) is 26.7 Å². The monoisotopic (exact) mass is 271 g/mol. The number of hydrogen-bond donors (Lipinski definition) is 1. The normalized spacial score (nSPS) is 10.7. The van der Waals surface area contributed by atoms with Crippen LogP contribution in [0.1, 0.15) is 38.1 Å². The SMILES string of the molecule is CCCc1nc(Cl)c(C)c(NCCCOCC)n1. The van der Waals surface area contributed by atoms with Gasteiger partial charge in [-0.2, -0.15) is 0 Å². The number of nitrogens with one attached hydrogen (secondary N) is 1. The summed E-state index contributed by atoms with van der Waals surface area (Å²) in [5, 5.41) is 3.84. The van der Waals surface area contributed by atoms with Gasteiger partial charge in [0, 0.05) is 31.7 Å². The second-order valence-electron chi connectivity index (χ2n) is 4.13. The largest absolute Gasteiger partial charge is 0.382 e. The molecule has 0 fully saturated rings. The van der Waals surface area contributed by atoms with Crippen LogP contribution in [-0.4, -0.2) is 29.7 Å². The first-order valence-corrected chi connectivity index (χ1v) is 6.91. The molecule has 5 heteroatoms. The van der Waals surface area contributed by atoms with Crippen molar-refractivity contribution in [2.75, 3.05) is 25.1 Å². The molecule has 0 unspecified atom stereocenters. The van der Waals surface area contributed by atoms with Crippen LogP contribution >= 0.6 is 11.6 Å². The minimum Gasteiger partial charge on any atom is -0.382 e. The molecule has 1 N–H and O–H groups in total. The third kappa shape index (κ3) is 4.78. The zero-order valence-corrected chi connectivity index (χ0v) is 12.2. The number of nitrogens with zero attached hydrogens (tertiary/aromatic N) is 2. The van der Waals surface area contributed by atoms with Crippen LogP contribution in [0.2, 0.25) is 5.15 Å². The van der Waals surface area contributed by atoms with Crippen LogP contribution in [0.15, 0.2) is 0 Å². The van der Waals surface area contributed by atoms with Crippen LogP contribution in [0.5, 0.6) is 0 Å². The molecule has 4 nitrogen and oxygen atoms in total. The van der Waals surface area contributed by atoms with Gasteiger partial charge in [0.2, 0.25) is 0 Å². The van der Waals surface area contributed by atoms with Crippen molar-refractivity contribution in [1.29, 1.82) is 0 Å². The summed E-state index contributed by atoms with van der Waals surface area (Å²) in [7, 11) is 0. The van der Waals surface area contributed by atoms with Gasteiger partial charge in [0.15, 0.2) is 0 Å². The van der Waals surface area contributed by atoms with Gasteiger partial charge < -0.3 is 10.1 Å². The Hall–Kier alpha value is -0.870.